The Hall–Kier alpha value is -1.46. The van der Waals surface area contributed by atoms with Crippen LogP contribution in [-0.2, 0) is 9.59 Å². The lowest BCUT2D eigenvalue weighted by molar-refractivity contribution is -0.158. The largest absolute Gasteiger partial charge is 0.479 e. The number of carbonyl (C=O) groups excluding carboxylic acids is 1. The van der Waals surface area contributed by atoms with Crippen molar-refractivity contribution in [2.75, 3.05) is 6.54 Å². The normalized spacial score (nSPS) is 21.7. The van der Waals surface area contributed by atoms with E-state index in [1.165, 1.54) is 4.90 Å². The van der Waals surface area contributed by atoms with Gasteiger partial charge in [-0.25, -0.2) is 4.79 Å². The molecule has 1 rings (SSSR count). The summed E-state index contributed by atoms with van der Waals surface area (Å²) in [5, 5.41) is 9.54. The minimum absolute atomic E-state index is 0.0432. The van der Waals surface area contributed by atoms with Crippen LogP contribution < -0.4 is 0 Å². The standard InChI is InChI=1S/C14H21F2NO3/c1-3-5-6-14(4-2,13(19)20)17-9-10(7-11(15)16)8-12(17)18/h7,10H,3-6,8-9H2,1-2H3,(H,19,20)/t10?,14-/m0/s1. The van der Waals surface area contributed by atoms with Crippen molar-refractivity contribution in [2.24, 2.45) is 5.92 Å². The van der Waals surface area contributed by atoms with Crippen LogP contribution in [0.1, 0.15) is 46.0 Å². The second-order valence-electron chi connectivity index (χ2n) is 5.22. The number of hydrogen-bond acceptors (Lipinski definition) is 2. The van der Waals surface area contributed by atoms with Crippen molar-refractivity contribution in [3.8, 4) is 0 Å². The number of likely N-dealkylation sites (tertiary alicyclic amines) is 1. The zero-order chi connectivity index (χ0) is 15.3. The Labute approximate surface area is 117 Å². The van der Waals surface area contributed by atoms with Crippen molar-refractivity contribution in [1.82, 2.24) is 4.90 Å². The second kappa shape index (κ2) is 6.81. The van der Waals surface area contributed by atoms with Crippen LogP contribution in [0.5, 0.6) is 0 Å². The number of carboxylic acid groups (broad SMARTS) is 1. The molecule has 0 spiro atoms. The van der Waals surface area contributed by atoms with Gasteiger partial charge in [-0.1, -0.05) is 26.7 Å². The summed E-state index contributed by atoms with van der Waals surface area (Å²) in [4.78, 5) is 25.0. The Kier molecular flexibility index (Phi) is 5.65. The van der Waals surface area contributed by atoms with Crippen LogP contribution in [0, 0.1) is 5.92 Å². The Morgan fingerprint density at radius 1 is 1.50 bits per heavy atom. The Balaban J connectivity index is 3.00. The number of aliphatic carboxylic acids is 1. The topological polar surface area (TPSA) is 57.6 Å². The number of unbranched alkanes of at least 4 members (excludes halogenated alkanes) is 1. The van der Waals surface area contributed by atoms with Crippen LogP contribution >= 0.6 is 0 Å². The van der Waals surface area contributed by atoms with Gasteiger partial charge in [-0.2, -0.15) is 8.78 Å². The SMILES string of the molecule is CCCC[C@@](CC)(C(=O)O)N1CC(C=C(F)F)CC1=O. The summed E-state index contributed by atoms with van der Waals surface area (Å²) in [5.41, 5.74) is -1.26. The lowest BCUT2D eigenvalue weighted by Crippen LogP contribution is -2.55. The minimum atomic E-state index is -1.82. The van der Waals surface area contributed by atoms with Crippen molar-refractivity contribution >= 4 is 11.9 Å². The van der Waals surface area contributed by atoms with Crippen LogP contribution in [0.25, 0.3) is 0 Å². The number of carboxylic acids is 1. The van der Waals surface area contributed by atoms with Crippen molar-refractivity contribution < 1.29 is 23.5 Å². The highest BCUT2D eigenvalue weighted by Gasteiger charge is 2.48. The third-order valence-electron chi connectivity index (χ3n) is 3.96. The first-order valence-corrected chi connectivity index (χ1v) is 6.94. The summed E-state index contributed by atoms with van der Waals surface area (Å²) in [6.45, 7) is 3.72. The lowest BCUT2D eigenvalue weighted by Gasteiger charge is -2.38. The maximum Gasteiger partial charge on any atom is 0.329 e. The second-order valence-corrected chi connectivity index (χ2v) is 5.22. The van der Waals surface area contributed by atoms with Gasteiger partial charge in [-0.05, 0) is 18.9 Å². The van der Waals surface area contributed by atoms with Crippen LogP contribution in [0.2, 0.25) is 0 Å². The molecule has 1 amide bonds. The number of amides is 1. The molecule has 1 heterocycles. The number of rotatable bonds is 7. The van der Waals surface area contributed by atoms with E-state index in [0.29, 0.717) is 12.8 Å². The molecule has 6 heteroatoms. The highest BCUT2D eigenvalue weighted by Crippen LogP contribution is 2.34. The Morgan fingerprint density at radius 2 is 2.15 bits per heavy atom. The molecule has 0 aliphatic carbocycles. The van der Waals surface area contributed by atoms with E-state index in [4.69, 9.17) is 0 Å². The number of nitrogens with zero attached hydrogens (tertiary/aromatic N) is 1. The van der Waals surface area contributed by atoms with E-state index in [0.717, 1.165) is 12.5 Å². The van der Waals surface area contributed by atoms with Gasteiger partial charge in [-0.15, -0.1) is 0 Å². The summed E-state index contributed by atoms with van der Waals surface area (Å²) in [6.07, 6.45) is 1.02. The fourth-order valence-corrected chi connectivity index (χ4v) is 2.78. The zero-order valence-corrected chi connectivity index (χ0v) is 11.9. The maximum atomic E-state index is 12.3. The molecule has 0 radical (unpaired) electrons. The molecular weight excluding hydrogens is 268 g/mol. The van der Waals surface area contributed by atoms with Gasteiger partial charge in [0.15, 0.2) is 0 Å². The molecule has 0 bridgehead atoms. The first-order chi connectivity index (χ1) is 9.37. The van der Waals surface area contributed by atoms with Crippen molar-refractivity contribution in [3.63, 3.8) is 0 Å². The first kappa shape index (κ1) is 16.6. The van der Waals surface area contributed by atoms with Crippen molar-refractivity contribution in [1.29, 1.82) is 0 Å². The van der Waals surface area contributed by atoms with E-state index in [1.54, 1.807) is 6.92 Å². The predicted octanol–water partition coefficient (Wildman–Crippen LogP) is 3.04. The molecule has 2 atom stereocenters. The Bertz CT molecular complexity index is 407. The number of carbonyl (C=O) groups is 2. The molecular formula is C14H21F2NO3. The van der Waals surface area contributed by atoms with Gasteiger partial charge in [0.25, 0.3) is 6.08 Å². The van der Waals surface area contributed by atoms with Gasteiger partial charge >= 0.3 is 5.97 Å². The summed E-state index contributed by atoms with van der Waals surface area (Å²) in [7, 11) is 0. The Morgan fingerprint density at radius 3 is 2.60 bits per heavy atom. The number of hydrogen-bond donors (Lipinski definition) is 1. The molecule has 0 aromatic rings. The van der Waals surface area contributed by atoms with E-state index >= 15 is 0 Å². The summed E-state index contributed by atoms with van der Waals surface area (Å²) in [6, 6.07) is 0. The smallest absolute Gasteiger partial charge is 0.329 e. The predicted molar refractivity (Wildman–Crippen MR) is 70.3 cm³/mol. The van der Waals surface area contributed by atoms with E-state index in [2.05, 4.69) is 0 Å². The molecule has 1 fully saturated rings. The van der Waals surface area contributed by atoms with E-state index in [-0.39, 0.29) is 25.3 Å². The van der Waals surface area contributed by atoms with Crippen LogP contribution in [0.15, 0.2) is 12.2 Å². The highest BCUT2D eigenvalue weighted by molar-refractivity contribution is 5.88. The third-order valence-corrected chi connectivity index (χ3v) is 3.96. The molecule has 1 unspecified atom stereocenters. The average molecular weight is 289 g/mol. The number of halogens is 2. The molecule has 20 heavy (non-hydrogen) atoms. The molecule has 0 aromatic carbocycles. The summed E-state index contributed by atoms with van der Waals surface area (Å²) in [5.74, 6) is -2.00. The average Bonchev–Trinajstić information content (AvgIpc) is 2.71. The van der Waals surface area contributed by atoms with Gasteiger partial charge in [0, 0.05) is 18.9 Å². The summed E-state index contributed by atoms with van der Waals surface area (Å²) >= 11 is 0. The van der Waals surface area contributed by atoms with Gasteiger partial charge in [0.05, 0.1) is 0 Å². The molecule has 1 aliphatic heterocycles. The van der Waals surface area contributed by atoms with Gasteiger partial charge in [-0.3, -0.25) is 4.79 Å². The van der Waals surface area contributed by atoms with Crippen LogP contribution in [0.4, 0.5) is 8.78 Å². The van der Waals surface area contributed by atoms with E-state index in [1.807, 2.05) is 6.92 Å². The fourth-order valence-electron chi connectivity index (χ4n) is 2.78. The van der Waals surface area contributed by atoms with Crippen LogP contribution in [0.3, 0.4) is 0 Å². The highest BCUT2D eigenvalue weighted by atomic mass is 19.3. The fraction of sp³-hybridized carbons (Fsp3) is 0.714. The molecule has 114 valence electrons. The quantitative estimate of drug-likeness (QED) is 0.783. The first-order valence-electron chi connectivity index (χ1n) is 6.94. The van der Waals surface area contributed by atoms with Crippen LogP contribution in [-0.4, -0.2) is 34.0 Å². The van der Waals surface area contributed by atoms with Gasteiger partial charge < -0.3 is 10.0 Å². The van der Waals surface area contributed by atoms with E-state index < -0.39 is 23.5 Å². The van der Waals surface area contributed by atoms with E-state index in [9.17, 15) is 23.5 Å². The van der Waals surface area contributed by atoms with Gasteiger partial charge in [0.2, 0.25) is 5.91 Å². The molecule has 1 aliphatic rings. The minimum Gasteiger partial charge on any atom is -0.479 e. The molecule has 1 N–H and O–H groups in total. The van der Waals surface area contributed by atoms with Crippen molar-refractivity contribution in [3.05, 3.63) is 12.2 Å². The molecule has 1 saturated heterocycles. The maximum absolute atomic E-state index is 12.3. The lowest BCUT2D eigenvalue weighted by atomic mass is 9.88. The molecule has 0 aromatic heterocycles. The third kappa shape index (κ3) is 3.35. The molecule has 4 nitrogen and oxygen atoms in total. The van der Waals surface area contributed by atoms with Crippen molar-refractivity contribution in [2.45, 2.75) is 51.5 Å². The van der Waals surface area contributed by atoms with Gasteiger partial charge in [0.1, 0.15) is 5.54 Å². The summed E-state index contributed by atoms with van der Waals surface area (Å²) < 4.78 is 24.6. The monoisotopic (exact) mass is 289 g/mol. The zero-order valence-electron chi connectivity index (χ0n) is 11.9. The molecule has 0 saturated carbocycles.